The van der Waals surface area contributed by atoms with E-state index < -0.39 is 0 Å². The van der Waals surface area contributed by atoms with E-state index in [1.54, 1.807) is 0 Å². The van der Waals surface area contributed by atoms with Crippen molar-refractivity contribution in [3.8, 4) is 33.4 Å². The summed E-state index contributed by atoms with van der Waals surface area (Å²) < 4.78 is 0. The topological polar surface area (TPSA) is 3.24 Å². The Morgan fingerprint density at radius 1 is 0.372 bits per heavy atom. The Balaban J connectivity index is 1.33. The van der Waals surface area contributed by atoms with Crippen LogP contribution in [0.15, 0.2) is 140 Å². The molecule has 0 unspecified atom stereocenters. The molecule has 0 saturated carbocycles. The van der Waals surface area contributed by atoms with Crippen LogP contribution in [0.4, 0.5) is 17.1 Å². The second-order valence-electron chi connectivity index (χ2n) is 13.0. The maximum absolute atomic E-state index is 2.43. The van der Waals surface area contributed by atoms with Gasteiger partial charge in [-0.1, -0.05) is 131 Å². The van der Waals surface area contributed by atoms with E-state index in [1.807, 2.05) is 0 Å². The van der Waals surface area contributed by atoms with Gasteiger partial charge in [0.1, 0.15) is 0 Å². The lowest BCUT2D eigenvalue weighted by atomic mass is 9.82. The van der Waals surface area contributed by atoms with Gasteiger partial charge in [-0.3, -0.25) is 0 Å². The maximum Gasteiger partial charge on any atom is 0.0468 e. The number of fused-ring (bicyclic) bond motifs is 6. The summed E-state index contributed by atoms with van der Waals surface area (Å²) in [6, 6.07) is 51.4. The Bertz CT molecular complexity index is 2010. The lowest BCUT2D eigenvalue weighted by Crippen LogP contribution is -2.17. The van der Waals surface area contributed by atoms with E-state index in [9.17, 15) is 0 Å². The average molecular weight is 554 g/mol. The Morgan fingerprint density at radius 2 is 0.930 bits per heavy atom. The summed E-state index contributed by atoms with van der Waals surface area (Å²) >= 11 is 0. The van der Waals surface area contributed by atoms with Crippen LogP contribution in [0.3, 0.4) is 0 Å². The molecule has 0 spiro atoms. The molecule has 0 aromatic heterocycles. The second kappa shape index (κ2) is 9.31. The molecule has 0 fully saturated rings. The van der Waals surface area contributed by atoms with Gasteiger partial charge in [0.05, 0.1) is 0 Å². The lowest BCUT2D eigenvalue weighted by Gasteiger charge is -2.29. The standard InChI is InChI=1S/C42H35N/c1-41(2)37-25-23-30(26-35(37)40-32(19-13-21-38(40)41)28-14-7-5-8-15-28)43(29-16-9-6-10-17-29)31-22-24-34-33-18-11-12-20-36(33)42(3,4)39(34)27-31/h5-27H,1-4H3. The highest BCUT2D eigenvalue weighted by atomic mass is 15.1. The number of rotatable bonds is 4. The van der Waals surface area contributed by atoms with Crippen molar-refractivity contribution in [1.82, 2.24) is 0 Å². The fraction of sp³-hybridized carbons (Fsp3) is 0.143. The van der Waals surface area contributed by atoms with Gasteiger partial charge in [-0.25, -0.2) is 0 Å². The summed E-state index contributed by atoms with van der Waals surface area (Å²) in [6.07, 6.45) is 0. The van der Waals surface area contributed by atoms with E-state index in [4.69, 9.17) is 0 Å². The molecule has 0 N–H and O–H groups in total. The van der Waals surface area contributed by atoms with E-state index in [2.05, 4.69) is 172 Å². The van der Waals surface area contributed by atoms with Crippen molar-refractivity contribution >= 4 is 17.1 Å². The van der Waals surface area contributed by atoms with Crippen molar-refractivity contribution in [2.24, 2.45) is 0 Å². The number of benzene rings is 6. The molecule has 6 aromatic rings. The molecule has 1 heteroatoms. The van der Waals surface area contributed by atoms with Gasteiger partial charge in [-0.15, -0.1) is 0 Å². The van der Waals surface area contributed by atoms with Crippen molar-refractivity contribution in [2.45, 2.75) is 38.5 Å². The first-order valence-corrected chi connectivity index (χ1v) is 15.3. The number of anilines is 3. The third-order valence-corrected chi connectivity index (χ3v) is 9.87. The van der Waals surface area contributed by atoms with E-state index in [-0.39, 0.29) is 10.8 Å². The zero-order valence-corrected chi connectivity index (χ0v) is 25.2. The van der Waals surface area contributed by atoms with E-state index in [0.717, 1.165) is 5.69 Å². The van der Waals surface area contributed by atoms with E-state index in [1.165, 1.54) is 67.0 Å². The minimum Gasteiger partial charge on any atom is -0.310 e. The van der Waals surface area contributed by atoms with Gasteiger partial charge < -0.3 is 4.90 Å². The number of para-hydroxylation sites is 1. The molecule has 6 aromatic carbocycles. The van der Waals surface area contributed by atoms with Crippen LogP contribution in [0, 0.1) is 0 Å². The molecule has 2 aliphatic rings. The van der Waals surface area contributed by atoms with Crippen LogP contribution in [0.2, 0.25) is 0 Å². The highest BCUT2D eigenvalue weighted by Crippen LogP contribution is 2.54. The molecule has 8 rings (SSSR count). The van der Waals surface area contributed by atoms with Crippen LogP contribution < -0.4 is 4.90 Å². The first-order chi connectivity index (χ1) is 20.9. The fourth-order valence-electron chi connectivity index (χ4n) is 7.65. The van der Waals surface area contributed by atoms with Crippen molar-refractivity contribution in [1.29, 1.82) is 0 Å². The van der Waals surface area contributed by atoms with Crippen molar-refractivity contribution < 1.29 is 0 Å². The predicted octanol–water partition coefficient (Wildman–Crippen LogP) is 11.4. The largest absolute Gasteiger partial charge is 0.310 e. The first-order valence-electron chi connectivity index (χ1n) is 15.3. The van der Waals surface area contributed by atoms with Crippen LogP contribution in [0.1, 0.15) is 49.9 Å². The molecule has 0 amide bonds. The average Bonchev–Trinajstić information content (AvgIpc) is 3.41. The van der Waals surface area contributed by atoms with Gasteiger partial charge >= 0.3 is 0 Å². The van der Waals surface area contributed by atoms with Crippen LogP contribution in [-0.4, -0.2) is 0 Å². The third kappa shape index (κ3) is 3.78. The summed E-state index contributed by atoms with van der Waals surface area (Å²) in [5, 5.41) is 0. The zero-order valence-electron chi connectivity index (χ0n) is 25.2. The zero-order chi connectivity index (χ0) is 29.3. The number of hydrogen-bond acceptors (Lipinski definition) is 1. The first kappa shape index (κ1) is 25.8. The van der Waals surface area contributed by atoms with E-state index >= 15 is 0 Å². The Kier molecular flexibility index (Phi) is 5.59. The van der Waals surface area contributed by atoms with Gasteiger partial charge in [0, 0.05) is 27.9 Å². The monoisotopic (exact) mass is 553 g/mol. The Morgan fingerprint density at radius 3 is 1.72 bits per heavy atom. The van der Waals surface area contributed by atoms with E-state index in [0.29, 0.717) is 0 Å². The molecule has 2 aliphatic carbocycles. The highest BCUT2D eigenvalue weighted by Gasteiger charge is 2.38. The SMILES string of the molecule is CC1(C)c2ccccc2-c2ccc(N(c3ccccc3)c3ccc4c(c3)-c3c(-c5ccccc5)cccc3C4(C)C)cc21. The number of nitrogens with zero attached hydrogens (tertiary/aromatic N) is 1. The van der Waals surface area contributed by atoms with Gasteiger partial charge in [0.2, 0.25) is 0 Å². The third-order valence-electron chi connectivity index (χ3n) is 9.87. The van der Waals surface area contributed by atoms with Crippen LogP contribution in [0.5, 0.6) is 0 Å². The minimum atomic E-state index is -0.0745. The van der Waals surface area contributed by atoms with Crippen LogP contribution >= 0.6 is 0 Å². The molecule has 0 atom stereocenters. The molecule has 0 radical (unpaired) electrons. The molecule has 1 nitrogen and oxygen atoms in total. The summed E-state index contributed by atoms with van der Waals surface area (Å²) in [6.45, 7) is 9.43. The number of hydrogen-bond donors (Lipinski definition) is 0. The molecular weight excluding hydrogens is 518 g/mol. The summed E-state index contributed by atoms with van der Waals surface area (Å²) in [5.74, 6) is 0. The lowest BCUT2D eigenvalue weighted by molar-refractivity contribution is 0.660. The van der Waals surface area contributed by atoms with Gasteiger partial charge in [0.25, 0.3) is 0 Å². The Hall–Kier alpha value is -4.88. The summed E-state index contributed by atoms with van der Waals surface area (Å²) in [7, 11) is 0. The van der Waals surface area contributed by atoms with Gasteiger partial charge in [-0.05, 0) is 92.0 Å². The molecule has 0 bridgehead atoms. The fourth-order valence-corrected chi connectivity index (χ4v) is 7.65. The molecule has 0 heterocycles. The predicted molar refractivity (Wildman–Crippen MR) is 182 cm³/mol. The molecule has 0 saturated heterocycles. The van der Waals surface area contributed by atoms with Crippen LogP contribution in [0.25, 0.3) is 33.4 Å². The maximum atomic E-state index is 2.43. The van der Waals surface area contributed by atoms with Crippen molar-refractivity contribution in [3.63, 3.8) is 0 Å². The quantitative estimate of drug-likeness (QED) is 0.210. The molecular formula is C42H35N. The van der Waals surface area contributed by atoms with Crippen LogP contribution in [-0.2, 0) is 10.8 Å². The molecule has 43 heavy (non-hydrogen) atoms. The summed E-state index contributed by atoms with van der Waals surface area (Å²) in [4.78, 5) is 2.43. The minimum absolute atomic E-state index is 0.0597. The van der Waals surface area contributed by atoms with Gasteiger partial charge in [0.15, 0.2) is 0 Å². The van der Waals surface area contributed by atoms with Crippen molar-refractivity contribution in [2.75, 3.05) is 4.90 Å². The molecule has 0 aliphatic heterocycles. The highest BCUT2D eigenvalue weighted by molar-refractivity contribution is 5.95. The Labute approximate surface area is 255 Å². The second-order valence-corrected chi connectivity index (χ2v) is 13.0. The van der Waals surface area contributed by atoms with Gasteiger partial charge in [-0.2, -0.15) is 0 Å². The van der Waals surface area contributed by atoms with Crippen molar-refractivity contribution in [3.05, 3.63) is 162 Å². The normalized spacial score (nSPS) is 14.9. The summed E-state index contributed by atoms with van der Waals surface area (Å²) in [5.41, 5.74) is 16.9. The smallest absolute Gasteiger partial charge is 0.0468 e. The molecule has 208 valence electrons.